The molecule has 6 rings (SSSR count). The first-order chi connectivity index (χ1) is 43.3. The largest absolute Gasteiger partial charge is 0.462 e. The molecule has 2 aromatic carbocycles. The molecule has 3 aliphatic rings. The van der Waals surface area contributed by atoms with E-state index >= 15 is 0 Å². The van der Waals surface area contributed by atoms with Gasteiger partial charge in [-0.25, -0.2) is 9.59 Å². The third kappa shape index (κ3) is 19.3. The molecule has 92 heavy (non-hydrogen) atoms. The minimum atomic E-state index is -1.65. The predicted octanol–water partition coefficient (Wildman–Crippen LogP) is 9.49. The van der Waals surface area contributed by atoms with Crippen LogP contribution in [0.5, 0.6) is 0 Å². The number of unbranched alkanes of at least 4 members (excludes halogenated alkanes) is 1. The lowest BCUT2D eigenvalue weighted by Gasteiger charge is -2.41. The van der Waals surface area contributed by atoms with Crippen LogP contribution in [0.3, 0.4) is 0 Å². The number of ether oxygens (including phenoxy) is 5. The van der Waals surface area contributed by atoms with Crippen LogP contribution in [0, 0.1) is 30.6 Å². The number of nitrogens with two attached hydrogens (primary N) is 1. The average Bonchev–Trinajstić information content (AvgIpc) is 1.56. The van der Waals surface area contributed by atoms with Crippen molar-refractivity contribution in [1.29, 1.82) is 0 Å². The summed E-state index contributed by atoms with van der Waals surface area (Å²) in [7, 11) is 4.47. The third-order valence-corrected chi connectivity index (χ3v) is 20.0. The van der Waals surface area contributed by atoms with E-state index in [1.54, 1.807) is 51.2 Å². The normalized spacial score (nSPS) is 23.9. The number of nitrogens with one attached hydrogen (secondary N) is 2. The number of ketones is 2. The maximum Gasteiger partial charge on any atom is 0.328 e. The van der Waals surface area contributed by atoms with Gasteiger partial charge in [0, 0.05) is 93.1 Å². The summed E-state index contributed by atoms with van der Waals surface area (Å²) in [6.45, 7) is 16.2. The summed E-state index contributed by atoms with van der Waals surface area (Å²) < 4.78 is 30.1. The number of primary amides is 1. The number of hydrogen-bond acceptors (Lipinski definition) is 16. The number of esters is 3. The number of halogens is 3. The first-order valence-corrected chi connectivity index (χ1v) is 34.0. The van der Waals surface area contributed by atoms with E-state index in [4.69, 9.17) is 41.0 Å². The number of rotatable bonds is 26. The Morgan fingerprint density at radius 1 is 1.02 bits per heavy atom. The number of carbonyl (C=O) groups excluding carboxylic acids is 9. The number of nitrogens with zero attached hydrogens (tertiary/aromatic N) is 3. The van der Waals surface area contributed by atoms with Crippen molar-refractivity contribution in [2.24, 2.45) is 29.4 Å². The minimum absolute atomic E-state index is 0.00953. The van der Waals surface area contributed by atoms with Gasteiger partial charge < -0.3 is 55.0 Å². The van der Waals surface area contributed by atoms with E-state index in [1.165, 1.54) is 43.1 Å². The lowest BCUT2D eigenvalue weighted by molar-refractivity contribution is -0.187. The van der Waals surface area contributed by atoms with Crippen molar-refractivity contribution in [3.05, 3.63) is 93.7 Å². The summed E-state index contributed by atoms with van der Waals surface area (Å²) in [5.41, 5.74) is 5.45. The smallest absolute Gasteiger partial charge is 0.328 e. The van der Waals surface area contributed by atoms with Crippen LogP contribution >= 0.6 is 43.5 Å². The second kappa shape index (κ2) is 32.8. The molecule has 0 spiro atoms. The first kappa shape index (κ1) is 74.9. The molecule has 2 saturated heterocycles. The molecule has 3 aliphatic heterocycles. The van der Waals surface area contributed by atoms with E-state index < -0.39 is 113 Å². The number of fused-ring (bicyclic) bond motifs is 6. The highest BCUT2D eigenvalue weighted by molar-refractivity contribution is 9.09. The van der Waals surface area contributed by atoms with Crippen LogP contribution in [0.2, 0.25) is 5.02 Å². The van der Waals surface area contributed by atoms with Gasteiger partial charge >= 0.3 is 23.9 Å². The quantitative estimate of drug-likeness (QED) is 0.0191. The van der Waals surface area contributed by atoms with Crippen molar-refractivity contribution >= 4 is 113 Å². The Morgan fingerprint density at radius 2 is 1.73 bits per heavy atom. The van der Waals surface area contributed by atoms with Crippen LogP contribution in [-0.4, -0.2) is 160 Å². The molecule has 4 heterocycles. The number of pyridine rings is 1. The summed E-state index contributed by atoms with van der Waals surface area (Å²) >= 11 is 13.6. The van der Waals surface area contributed by atoms with Gasteiger partial charge in [-0.1, -0.05) is 106 Å². The SMILES string of the molecule is CO[C@@H]1/C=C/C=C(\C)Cc2cc(C)c(Cl)c(c2)N(C)C(=O)C[C@H](OC(=O)[C@H](C)N(C)C(=O)c2ccc(CC(=O)[C@H](CCCNC(N)=O)NC(=O)[C@@H](CC(=O)CCCCC(C)(C)OC(=O)C(CBr)CBr)C(C)C)c3ncccc23)[C@]2(C)O[C@H]2[C@H](C)[C@@H]2C[C@@]1(O)CC(=O)O2. The standard InChI is InChI=1S/C68H91Br2ClN6O15/c1-38(2)49(32-46(78)19-13-14-25-66(7,8)92-64(85)45(36-69)37-70)61(82)75-50(21-17-27-74-65(72)86)52(79)31-44-23-24-48(47-20-16-26-73-59(44)47)62(83)76(10)42(6)63(84)90-55-33-56(80)77(11)51-30-43(29-40(4)58(51)71)28-39(3)18-15-22-54(88-12)68(87)34-53(89-57(81)35-68)41(5)60-67(55,9)91-60/h15-16,18,20,22-24,26,29-30,38,41-42,45,49-50,53-55,60,87H,13-14,17,19,21,25,27-28,31-37H2,1-12H3,(H,75,82)(H3,72,74,86)/b22-15+,39-18+/t41-,42+,49+,50+,53+,54-,55+,60+,67+,68-/m1/s1. The lowest BCUT2D eigenvalue weighted by atomic mass is 9.78. The number of anilines is 1. The second-order valence-electron chi connectivity index (χ2n) is 26.0. The van der Waals surface area contributed by atoms with E-state index in [9.17, 15) is 48.3 Å². The maximum atomic E-state index is 14.7. The molecule has 21 nitrogen and oxygen atoms in total. The van der Waals surface area contributed by atoms with Crippen molar-refractivity contribution in [1.82, 2.24) is 20.5 Å². The zero-order valence-corrected chi connectivity index (χ0v) is 58.8. The van der Waals surface area contributed by atoms with Gasteiger partial charge in [-0.15, -0.1) is 0 Å². The van der Waals surface area contributed by atoms with Gasteiger partial charge in [-0.2, -0.15) is 0 Å². The minimum Gasteiger partial charge on any atom is -0.462 e. The molecule has 1 aromatic heterocycles. The Labute approximate surface area is 561 Å². The fourth-order valence-corrected chi connectivity index (χ4v) is 13.9. The molecular formula is C68H91Br2ClN6O15. The molecular weight excluding hydrogens is 1340 g/mol. The van der Waals surface area contributed by atoms with Gasteiger partial charge in [-0.05, 0) is 121 Å². The molecule has 0 unspecified atom stereocenters. The number of Topliss-reactive ketones (excluding diaryl/α,β-unsaturated/α-hetero) is 2. The Balaban J connectivity index is 1.20. The summed E-state index contributed by atoms with van der Waals surface area (Å²) in [4.78, 5) is 131. The number of alkyl halides is 2. The Hall–Kier alpha value is -6.11. The number of likely N-dealkylation sites (N-methyl/N-ethyl adjacent to an activating group) is 1. The molecule has 2 fully saturated rings. The van der Waals surface area contributed by atoms with Gasteiger partial charge in [-0.3, -0.25) is 38.5 Å². The van der Waals surface area contributed by atoms with Gasteiger partial charge in [0.15, 0.2) is 5.78 Å². The van der Waals surface area contributed by atoms with E-state index in [0.29, 0.717) is 63.5 Å². The van der Waals surface area contributed by atoms with Crippen molar-refractivity contribution in [2.45, 2.75) is 193 Å². The highest BCUT2D eigenvalue weighted by Gasteiger charge is 2.64. The molecule has 504 valence electrons. The highest BCUT2D eigenvalue weighted by Crippen LogP contribution is 2.50. The van der Waals surface area contributed by atoms with Crippen LogP contribution in [0.25, 0.3) is 10.9 Å². The number of urea groups is 1. The van der Waals surface area contributed by atoms with Crippen LogP contribution in [-0.2, 0) is 70.1 Å². The van der Waals surface area contributed by atoms with Crippen molar-refractivity contribution in [2.75, 3.05) is 43.3 Å². The maximum absolute atomic E-state index is 14.7. The van der Waals surface area contributed by atoms with E-state index in [0.717, 1.165) is 16.7 Å². The number of allylic oxidation sites excluding steroid dienone is 3. The van der Waals surface area contributed by atoms with Crippen LogP contribution < -0.4 is 21.3 Å². The summed E-state index contributed by atoms with van der Waals surface area (Å²) in [5, 5.41) is 19.1. The summed E-state index contributed by atoms with van der Waals surface area (Å²) in [6, 6.07) is 7.09. The van der Waals surface area contributed by atoms with Crippen molar-refractivity contribution in [3.8, 4) is 0 Å². The van der Waals surface area contributed by atoms with Gasteiger partial charge in [0.2, 0.25) is 11.8 Å². The molecule has 5 amide bonds. The molecule has 0 saturated carbocycles. The van der Waals surface area contributed by atoms with E-state index in [2.05, 4.69) is 47.5 Å². The van der Waals surface area contributed by atoms with E-state index in [1.807, 2.05) is 59.8 Å². The van der Waals surface area contributed by atoms with Gasteiger partial charge in [0.05, 0.1) is 47.1 Å². The summed E-state index contributed by atoms with van der Waals surface area (Å²) in [5.74, 6) is -5.87. The monoisotopic (exact) mass is 1420 g/mol. The Morgan fingerprint density at radius 3 is 2.39 bits per heavy atom. The van der Waals surface area contributed by atoms with E-state index in [-0.39, 0.29) is 80.6 Å². The topological polar surface area (TPSA) is 293 Å². The fourth-order valence-electron chi connectivity index (χ4n) is 12.1. The summed E-state index contributed by atoms with van der Waals surface area (Å²) in [6.07, 6.45) is 4.80. The van der Waals surface area contributed by atoms with Crippen LogP contribution in [0.15, 0.2) is 66.4 Å². The molecule has 4 bridgehead atoms. The number of aryl methyl sites for hydroxylation is 1. The molecule has 10 atom stereocenters. The van der Waals surface area contributed by atoms with Crippen molar-refractivity contribution < 1.29 is 71.9 Å². The number of carbonyl (C=O) groups is 9. The van der Waals surface area contributed by atoms with Crippen molar-refractivity contribution in [3.63, 3.8) is 0 Å². The molecule has 5 N–H and O–H groups in total. The molecule has 0 aliphatic carbocycles. The number of amides is 5. The number of epoxide rings is 1. The molecule has 24 heteroatoms. The highest BCUT2D eigenvalue weighted by atomic mass is 79.9. The first-order valence-electron chi connectivity index (χ1n) is 31.4. The average molecular weight is 1430 g/mol. The lowest BCUT2D eigenvalue weighted by Crippen LogP contribution is -2.53. The van der Waals surface area contributed by atoms with Crippen LogP contribution in [0.4, 0.5) is 10.5 Å². The Bertz CT molecular complexity index is 3280. The zero-order chi connectivity index (χ0) is 68.2. The zero-order valence-electron chi connectivity index (χ0n) is 54.9. The molecule has 3 aromatic rings. The number of benzene rings is 2. The fraction of sp³-hybridized carbons (Fsp3) is 0.588. The molecule has 0 radical (unpaired) electrons. The number of hydrogen-bond donors (Lipinski definition) is 4. The van der Waals surface area contributed by atoms with Gasteiger partial charge in [0.1, 0.15) is 46.9 Å². The Kier molecular flexibility index (Phi) is 26.7. The predicted molar refractivity (Wildman–Crippen MR) is 356 cm³/mol. The number of methoxy groups -OCH3 is 1. The second-order valence-corrected chi connectivity index (χ2v) is 27.7. The van der Waals surface area contributed by atoms with Gasteiger partial charge in [0.25, 0.3) is 5.91 Å². The number of aromatic nitrogens is 1. The van der Waals surface area contributed by atoms with Crippen LogP contribution in [0.1, 0.15) is 147 Å². The third-order valence-electron chi connectivity index (χ3n) is 18.0. The number of aliphatic hydroxyl groups is 1.